The molecule has 0 radical (unpaired) electrons. The molecule has 2 aromatic heterocycles. The van der Waals surface area contributed by atoms with Crippen LogP contribution < -0.4 is 19.7 Å². The van der Waals surface area contributed by atoms with Crippen molar-refractivity contribution >= 4 is 38.5 Å². The lowest BCUT2D eigenvalue weighted by atomic mass is 9.94. The van der Waals surface area contributed by atoms with Gasteiger partial charge in [-0.3, -0.25) is 9.59 Å². The molecule has 3 heterocycles. The molecule has 1 amide bonds. The molecule has 2 aromatic carbocycles. The Labute approximate surface area is 216 Å². The molecule has 38 heavy (non-hydrogen) atoms. The Morgan fingerprint density at radius 3 is 2.71 bits per heavy atom. The topological polar surface area (TPSA) is 174 Å². The second-order valence-electron chi connectivity index (χ2n) is 8.27. The number of nitrogens with one attached hydrogen (secondary N) is 3. The minimum Gasteiger partial charge on any atom is -0.493 e. The first-order valence-electron chi connectivity index (χ1n) is 11.3. The van der Waals surface area contributed by atoms with Crippen molar-refractivity contribution < 1.29 is 32.3 Å². The molecule has 1 aliphatic heterocycles. The Morgan fingerprint density at radius 2 is 1.97 bits per heavy atom. The molecule has 0 spiro atoms. The lowest BCUT2D eigenvalue weighted by Gasteiger charge is -2.15. The number of ether oxygens (including phenoxy) is 2. The maximum atomic E-state index is 13.1. The quantitative estimate of drug-likeness (QED) is 0.267. The fourth-order valence-electron chi connectivity index (χ4n) is 4.12. The van der Waals surface area contributed by atoms with Crippen LogP contribution in [0.5, 0.6) is 11.5 Å². The number of hydrogen-bond donors (Lipinski definition) is 3. The normalized spacial score (nSPS) is 14.7. The van der Waals surface area contributed by atoms with Gasteiger partial charge in [0.15, 0.2) is 11.5 Å². The average Bonchev–Trinajstić information content (AvgIpc) is 3.53. The van der Waals surface area contributed by atoms with Crippen molar-refractivity contribution in [1.29, 1.82) is 0 Å². The highest BCUT2D eigenvalue weighted by molar-refractivity contribution is 7.89. The van der Waals surface area contributed by atoms with E-state index in [1.165, 1.54) is 31.6 Å². The van der Waals surface area contributed by atoms with E-state index in [2.05, 4.69) is 30.1 Å². The number of benzene rings is 2. The number of imidazole rings is 1. The van der Waals surface area contributed by atoms with E-state index in [-0.39, 0.29) is 10.8 Å². The maximum absolute atomic E-state index is 13.1. The van der Waals surface area contributed by atoms with E-state index < -0.39 is 21.9 Å². The van der Waals surface area contributed by atoms with E-state index in [1.54, 1.807) is 29.4 Å². The molecule has 5 rings (SSSR count). The van der Waals surface area contributed by atoms with Gasteiger partial charge in [-0.25, -0.2) is 23.4 Å². The molecule has 196 valence electrons. The Hall–Kier alpha value is -4.56. The zero-order valence-corrected chi connectivity index (χ0v) is 21.0. The largest absolute Gasteiger partial charge is 0.493 e. The van der Waals surface area contributed by atoms with Crippen LogP contribution in [0.25, 0.3) is 10.9 Å². The third kappa shape index (κ3) is 4.86. The van der Waals surface area contributed by atoms with Crippen LogP contribution in [0, 0.1) is 0 Å². The van der Waals surface area contributed by atoms with Gasteiger partial charge in [-0.15, -0.1) is 0 Å². The molecule has 3 N–H and O–H groups in total. The third-order valence-corrected chi connectivity index (χ3v) is 7.01. The Kier molecular flexibility index (Phi) is 6.65. The maximum Gasteiger partial charge on any atom is 0.323 e. The molecule has 0 saturated carbocycles. The number of carbonyl (C=O) groups is 2. The highest BCUT2D eigenvalue weighted by atomic mass is 32.2. The highest BCUT2D eigenvalue weighted by Crippen LogP contribution is 2.41. The fourth-order valence-corrected chi connectivity index (χ4v) is 4.97. The molecule has 13 nitrogen and oxygen atoms in total. The van der Waals surface area contributed by atoms with Gasteiger partial charge in [0.05, 0.1) is 29.8 Å². The summed E-state index contributed by atoms with van der Waals surface area (Å²) in [6, 6.07) is 7.46. The number of methoxy groups -OCH3 is 1. The Morgan fingerprint density at radius 1 is 1.13 bits per heavy atom. The molecular weight excluding hydrogens is 516 g/mol. The first kappa shape index (κ1) is 25.1. The van der Waals surface area contributed by atoms with Crippen molar-refractivity contribution in [2.45, 2.75) is 24.2 Å². The van der Waals surface area contributed by atoms with Gasteiger partial charge in [-0.1, -0.05) is 0 Å². The Bertz CT molecular complexity index is 1640. The van der Waals surface area contributed by atoms with E-state index in [0.29, 0.717) is 52.4 Å². The van der Waals surface area contributed by atoms with E-state index >= 15 is 0 Å². The number of aromatic nitrogens is 4. The number of nitrogens with zero attached hydrogens (tertiary/aromatic N) is 3. The van der Waals surface area contributed by atoms with Gasteiger partial charge in [-0.05, 0) is 34.7 Å². The van der Waals surface area contributed by atoms with E-state index in [0.717, 1.165) is 12.7 Å². The molecule has 1 aliphatic rings. The Balaban J connectivity index is 1.50. The molecule has 0 saturated heterocycles. The van der Waals surface area contributed by atoms with E-state index in [9.17, 15) is 18.0 Å². The average molecular weight is 539 g/mol. The van der Waals surface area contributed by atoms with Gasteiger partial charge in [-0.2, -0.15) is 0 Å². The smallest absolute Gasteiger partial charge is 0.323 e. The summed E-state index contributed by atoms with van der Waals surface area (Å²) in [5.41, 5.74) is 1.68. The number of sulfonamides is 1. The number of carbonyl (C=O) groups excluding carboxylic acids is 2. The predicted molar refractivity (Wildman–Crippen MR) is 133 cm³/mol. The van der Waals surface area contributed by atoms with E-state index in [1.807, 2.05) is 0 Å². The molecular formula is C24H22N6O7S. The summed E-state index contributed by atoms with van der Waals surface area (Å²) in [5.74, 6) is -0.499. The van der Waals surface area contributed by atoms with Crippen molar-refractivity contribution in [3.63, 3.8) is 0 Å². The lowest BCUT2D eigenvalue weighted by Crippen LogP contribution is -2.26. The van der Waals surface area contributed by atoms with Gasteiger partial charge in [0, 0.05) is 42.9 Å². The van der Waals surface area contributed by atoms with Gasteiger partial charge < -0.3 is 24.6 Å². The second kappa shape index (κ2) is 10.1. The predicted octanol–water partition coefficient (Wildman–Crippen LogP) is 1.82. The minimum atomic E-state index is -4.19. The van der Waals surface area contributed by atoms with Gasteiger partial charge in [0.25, 0.3) is 10.0 Å². The molecule has 0 fully saturated rings. The zero-order chi connectivity index (χ0) is 26.9. The van der Waals surface area contributed by atoms with Crippen molar-refractivity contribution in [3.05, 3.63) is 66.1 Å². The van der Waals surface area contributed by atoms with Crippen LogP contribution in [0.15, 0.2) is 53.9 Å². The fraction of sp³-hybridized carbons (Fsp3) is 0.208. The first-order valence-corrected chi connectivity index (χ1v) is 12.8. The van der Waals surface area contributed by atoms with Crippen LogP contribution in [0.4, 0.5) is 5.69 Å². The number of aromatic amines is 1. The van der Waals surface area contributed by atoms with Crippen molar-refractivity contribution in [2.24, 2.45) is 0 Å². The first-order chi connectivity index (χ1) is 18.3. The molecule has 4 aromatic rings. The molecule has 14 heteroatoms. The lowest BCUT2D eigenvalue weighted by molar-refractivity contribution is -0.144. The summed E-state index contributed by atoms with van der Waals surface area (Å²) in [5, 5.41) is 3.29. The van der Waals surface area contributed by atoms with Crippen LogP contribution in [0.2, 0.25) is 0 Å². The van der Waals surface area contributed by atoms with Crippen LogP contribution in [0.1, 0.15) is 29.9 Å². The molecule has 0 bridgehead atoms. The van der Waals surface area contributed by atoms with Crippen molar-refractivity contribution in [1.82, 2.24) is 24.8 Å². The minimum absolute atomic E-state index is 0.192. The van der Waals surface area contributed by atoms with Crippen LogP contribution in [-0.2, 0) is 30.9 Å². The number of H-pyrrole nitrogens is 1. The van der Waals surface area contributed by atoms with E-state index in [4.69, 9.17) is 9.47 Å². The standard InChI is InChI=1S/C24H22N6O7S/c1-13(31)37-30-38(33,34)14-3-4-17-15(9-14)22(24(32)29-17)23-16-10-19(35-2)20(11-18(16)27-12-28-23)36-8-5-21-25-6-7-26-21/h3-4,6-7,9-12,22,30H,5,8H2,1-2H3,(H,25,26)(H,29,32). The van der Waals surface area contributed by atoms with Gasteiger partial charge in [0.2, 0.25) is 5.91 Å². The highest BCUT2D eigenvalue weighted by Gasteiger charge is 2.36. The second-order valence-corrected chi connectivity index (χ2v) is 9.91. The number of rotatable bonds is 9. The summed E-state index contributed by atoms with van der Waals surface area (Å²) in [7, 11) is -2.70. The zero-order valence-electron chi connectivity index (χ0n) is 20.2. The summed E-state index contributed by atoms with van der Waals surface area (Å²) >= 11 is 0. The van der Waals surface area contributed by atoms with Gasteiger partial charge >= 0.3 is 5.97 Å². The summed E-state index contributed by atoms with van der Waals surface area (Å²) < 4.78 is 36.6. The number of hydrogen-bond acceptors (Lipinski definition) is 10. The molecule has 1 unspecified atom stereocenters. The van der Waals surface area contributed by atoms with Gasteiger partial charge in [0.1, 0.15) is 18.1 Å². The number of anilines is 1. The van der Waals surface area contributed by atoms with Crippen molar-refractivity contribution in [2.75, 3.05) is 19.0 Å². The summed E-state index contributed by atoms with van der Waals surface area (Å²) in [4.78, 5) is 46.0. The van der Waals surface area contributed by atoms with Crippen LogP contribution in [0.3, 0.4) is 0 Å². The molecule has 0 aliphatic carbocycles. The number of fused-ring (bicyclic) bond motifs is 2. The summed E-state index contributed by atoms with van der Waals surface area (Å²) in [6.45, 7) is 1.40. The third-order valence-electron chi connectivity index (χ3n) is 5.84. The van der Waals surface area contributed by atoms with Crippen LogP contribution in [-0.4, -0.2) is 53.9 Å². The van der Waals surface area contributed by atoms with Crippen LogP contribution >= 0.6 is 0 Å². The monoisotopic (exact) mass is 538 g/mol. The molecule has 1 atom stereocenters. The SMILES string of the molecule is COc1cc2c(C3C(=O)Nc4ccc(S(=O)(=O)NOC(C)=O)cc43)ncnc2cc1OCCc1ncc[nH]1. The van der Waals surface area contributed by atoms with Crippen molar-refractivity contribution in [3.8, 4) is 11.5 Å². The number of amides is 1. The summed E-state index contributed by atoms with van der Waals surface area (Å²) in [6.07, 6.45) is 5.28.